The van der Waals surface area contributed by atoms with Gasteiger partial charge in [0.15, 0.2) is 0 Å². The van der Waals surface area contributed by atoms with E-state index >= 15 is 0 Å². The third-order valence-electron chi connectivity index (χ3n) is 3.27. The molecular weight excluding hydrogens is 326 g/mol. The smallest absolute Gasteiger partial charge is 0.319 e. The lowest BCUT2D eigenvalue weighted by molar-refractivity contribution is 0.102. The van der Waals surface area contributed by atoms with Gasteiger partial charge in [0.1, 0.15) is 0 Å². The predicted molar refractivity (Wildman–Crippen MR) is 97.9 cm³/mol. The van der Waals surface area contributed by atoms with Crippen LogP contribution in [-0.2, 0) is 0 Å². The first-order valence-electron chi connectivity index (χ1n) is 7.61. The van der Waals surface area contributed by atoms with Crippen molar-refractivity contribution in [3.05, 3.63) is 58.6 Å². The van der Waals surface area contributed by atoms with Gasteiger partial charge in [-0.2, -0.15) is 0 Å². The van der Waals surface area contributed by atoms with Crippen LogP contribution in [0.1, 0.15) is 29.8 Å². The van der Waals surface area contributed by atoms with E-state index in [9.17, 15) is 9.59 Å². The molecule has 0 aliphatic heterocycles. The molecule has 3 amide bonds. The summed E-state index contributed by atoms with van der Waals surface area (Å²) >= 11 is 6.08. The molecule has 2 aromatic rings. The number of aryl methyl sites for hydroxylation is 1. The summed E-state index contributed by atoms with van der Waals surface area (Å²) in [6, 6.07) is 11.8. The van der Waals surface area contributed by atoms with Crippen molar-refractivity contribution in [3.8, 4) is 0 Å². The third kappa shape index (κ3) is 4.73. The van der Waals surface area contributed by atoms with Crippen LogP contribution in [0.4, 0.5) is 16.2 Å². The normalized spacial score (nSPS) is 10.4. The van der Waals surface area contributed by atoms with Gasteiger partial charge in [-0.25, -0.2) is 4.79 Å². The topological polar surface area (TPSA) is 70.2 Å². The zero-order valence-electron chi connectivity index (χ0n) is 13.8. The molecule has 6 heteroatoms. The van der Waals surface area contributed by atoms with Gasteiger partial charge in [0, 0.05) is 16.8 Å². The predicted octanol–water partition coefficient (Wildman–Crippen LogP) is 4.43. The molecule has 126 valence electrons. The van der Waals surface area contributed by atoms with E-state index in [2.05, 4.69) is 16.0 Å². The summed E-state index contributed by atoms with van der Waals surface area (Å²) in [5.74, 6) is -0.324. The van der Waals surface area contributed by atoms with E-state index in [1.165, 1.54) is 0 Å². The number of benzene rings is 2. The number of urea groups is 1. The first-order chi connectivity index (χ1) is 11.4. The number of rotatable bonds is 4. The van der Waals surface area contributed by atoms with E-state index in [4.69, 9.17) is 11.6 Å². The molecule has 0 fully saturated rings. The minimum atomic E-state index is -0.358. The maximum absolute atomic E-state index is 12.5. The average Bonchev–Trinajstić information content (AvgIpc) is 2.50. The molecule has 0 aromatic heterocycles. The van der Waals surface area contributed by atoms with E-state index in [0.29, 0.717) is 22.0 Å². The van der Waals surface area contributed by atoms with Crippen LogP contribution in [0.15, 0.2) is 42.5 Å². The highest BCUT2D eigenvalue weighted by molar-refractivity contribution is 6.31. The van der Waals surface area contributed by atoms with Crippen LogP contribution in [0.2, 0.25) is 5.02 Å². The lowest BCUT2D eigenvalue weighted by Crippen LogP contribution is -2.34. The Morgan fingerprint density at radius 1 is 1.04 bits per heavy atom. The van der Waals surface area contributed by atoms with E-state index < -0.39 is 0 Å². The zero-order chi connectivity index (χ0) is 17.7. The standard InChI is InChI=1S/C18H20ClN3O2/c1-11(2)20-18(24)22-16-7-5-4-6-14(16)17(23)21-13-9-8-12(3)15(19)10-13/h4-11H,1-3H3,(H,21,23)(H2,20,22,24). The summed E-state index contributed by atoms with van der Waals surface area (Å²) in [5.41, 5.74) is 2.33. The van der Waals surface area contributed by atoms with Crippen molar-refractivity contribution in [2.24, 2.45) is 0 Å². The Labute approximate surface area is 146 Å². The van der Waals surface area contributed by atoms with Crippen molar-refractivity contribution >= 4 is 34.9 Å². The average molecular weight is 346 g/mol. The van der Waals surface area contributed by atoms with Crippen molar-refractivity contribution < 1.29 is 9.59 Å². The fourth-order valence-corrected chi connectivity index (χ4v) is 2.26. The SMILES string of the molecule is Cc1ccc(NC(=O)c2ccccc2NC(=O)NC(C)C)cc1Cl. The highest BCUT2D eigenvalue weighted by Gasteiger charge is 2.14. The summed E-state index contributed by atoms with van der Waals surface area (Å²) < 4.78 is 0. The molecular formula is C18H20ClN3O2. The van der Waals surface area contributed by atoms with Crippen LogP contribution >= 0.6 is 11.6 Å². The number of hydrogen-bond donors (Lipinski definition) is 3. The maximum Gasteiger partial charge on any atom is 0.319 e. The molecule has 3 N–H and O–H groups in total. The number of nitrogens with one attached hydrogen (secondary N) is 3. The summed E-state index contributed by atoms with van der Waals surface area (Å²) in [7, 11) is 0. The van der Waals surface area contributed by atoms with Crippen LogP contribution in [0.3, 0.4) is 0 Å². The summed E-state index contributed by atoms with van der Waals surface area (Å²) in [6.07, 6.45) is 0. The van der Waals surface area contributed by atoms with Crippen molar-refractivity contribution in [1.29, 1.82) is 0 Å². The second kappa shape index (κ2) is 7.84. The van der Waals surface area contributed by atoms with Crippen LogP contribution in [0.25, 0.3) is 0 Å². The van der Waals surface area contributed by atoms with Crippen LogP contribution in [0, 0.1) is 6.92 Å². The fraction of sp³-hybridized carbons (Fsp3) is 0.222. The number of anilines is 2. The Hall–Kier alpha value is -2.53. The monoisotopic (exact) mass is 345 g/mol. The molecule has 0 saturated heterocycles. The van der Waals surface area contributed by atoms with Gasteiger partial charge in [-0.1, -0.05) is 29.8 Å². The number of para-hydroxylation sites is 1. The molecule has 0 atom stereocenters. The molecule has 2 aromatic carbocycles. The zero-order valence-corrected chi connectivity index (χ0v) is 14.6. The Bertz CT molecular complexity index is 760. The molecule has 0 saturated carbocycles. The van der Waals surface area contributed by atoms with Gasteiger partial charge in [-0.05, 0) is 50.6 Å². The number of amides is 3. The van der Waals surface area contributed by atoms with E-state index in [1.54, 1.807) is 36.4 Å². The molecule has 2 rings (SSSR count). The first-order valence-corrected chi connectivity index (χ1v) is 7.98. The molecule has 0 aliphatic carbocycles. The van der Waals surface area contributed by atoms with Crippen molar-refractivity contribution in [2.45, 2.75) is 26.8 Å². The Balaban J connectivity index is 2.17. The summed E-state index contributed by atoms with van der Waals surface area (Å²) in [5, 5.41) is 8.78. The molecule has 5 nitrogen and oxygen atoms in total. The summed E-state index contributed by atoms with van der Waals surface area (Å²) in [6.45, 7) is 5.61. The van der Waals surface area contributed by atoms with Gasteiger partial charge < -0.3 is 16.0 Å². The van der Waals surface area contributed by atoms with E-state index in [1.807, 2.05) is 26.8 Å². The van der Waals surface area contributed by atoms with Crippen molar-refractivity contribution in [3.63, 3.8) is 0 Å². The largest absolute Gasteiger partial charge is 0.336 e. The number of carbonyl (C=O) groups excluding carboxylic acids is 2. The number of halogens is 1. The lowest BCUT2D eigenvalue weighted by Gasteiger charge is -2.14. The van der Waals surface area contributed by atoms with Gasteiger partial charge in [0.2, 0.25) is 0 Å². The lowest BCUT2D eigenvalue weighted by atomic mass is 10.1. The van der Waals surface area contributed by atoms with Gasteiger partial charge in [-0.15, -0.1) is 0 Å². The van der Waals surface area contributed by atoms with Crippen LogP contribution in [-0.4, -0.2) is 18.0 Å². The fourth-order valence-electron chi connectivity index (χ4n) is 2.08. The molecule has 0 aliphatic rings. The summed E-state index contributed by atoms with van der Waals surface area (Å²) in [4.78, 5) is 24.4. The van der Waals surface area contributed by atoms with Gasteiger partial charge >= 0.3 is 6.03 Å². The van der Waals surface area contributed by atoms with E-state index in [-0.39, 0.29) is 18.0 Å². The first kappa shape index (κ1) is 17.8. The Morgan fingerprint density at radius 3 is 2.42 bits per heavy atom. The number of hydrogen-bond acceptors (Lipinski definition) is 2. The number of carbonyl (C=O) groups is 2. The maximum atomic E-state index is 12.5. The quantitative estimate of drug-likeness (QED) is 0.767. The molecule has 0 unspecified atom stereocenters. The van der Waals surface area contributed by atoms with Crippen LogP contribution < -0.4 is 16.0 Å². The molecule has 0 bridgehead atoms. The Kier molecular flexibility index (Phi) is 5.82. The van der Waals surface area contributed by atoms with Gasteiger partial charge in [0.25, 0.3) is 5.91 Å². The second-order valence-electron chi connectivity index (χ2n) is 5.72. The van der Waals surface area contributed by atoms with Gasteiger partial charge in [0.05, 0.1) is 11.3 Å². The second-order valence-corrected chi connectivity index (χ2v) is 6.12. The third-order valence-corrected chi connectivity index (χ3v) is 3.68. The molecule has 0 spiro atoms. The Morgan fingerprint density at radius 2 is 1.75 bits per heavy atom. The highest BCUT2D eigenvalue weighted by Crippen LogP contribution is 2.22. The minimum Gasteiger partial charge on any atom is -0.336 e. The van der Waals surface area contributed by atoms with Crippen molar-refractivity contribution in [2.75, 3.05) is 10.6 Å². The molecule has 0 heterocycles. The van der Waals surface area contributed by atoms with E-state index in [0.717, 1.165) is 5.56 Å². The minimum absolute atomic E-state index is 0.000638. The molecule has 24 heavy (non-hydrogen) atoms. The van der Waals surface area contributed by atoms with Crippen molar-refractivity contribution in [1.82, 2.24) is 5.32 Å². The van der Waals surface area contributed by atoms with Crippen LogP contribution in [0.5, 0.6) is 0 Å². The highest BCUT2D eigenvalue weighted by atomic mass is 35.5. The van der Waals surface area contributed by atoms with Gasteiger partial charge in [-0.3, -0.25) is 4.79 Å². The molecule has 0 radical (unpaired) electrons.